The summed E-state index contributed by atoms with van der Waals surface area (Å²) in [6, 6.07) is -0.576. The molecular formula is C8H12F2N4O. The average molecular weight is 218 g/mol. The summed E-state index contributed by atoms with van der Waals surface area (Å²) in [5.74, 6) is -0.372. The monoisotopic (exact) mass is 218 g/mol. The van der Waals surface area contributed by atoms with Crippen molar-refractivity contribution in [3.8, 4) is 0 Å². The second kappa shape index (κ2) is 4.83. The van der Waals surface area contributed by atoms with Gasteiger partial charge in [-0.3, -0.25) is 14.7 Å². The lowest BCUT2D eigenvalue weighted by atomic mass is 10.3. The summed E-state index contributed by atoms with van der Waals surface area (Å²) < 4.78 is 25.4. The lowest BCUT2D eigenvalue weighted by Gasteiger charge is -2.10. The SMILES string of the molecule is CC(NCc1nccn1C(F)F)C(N)=O. The fourth-order valence-corrected chi connectivity index (χ4v) is 1.00. The molecule has 0 aromatic carbocycles. The van der Waals surface area contributed by atoms with Crippen LogP contribution in [0.3, 0.4) is 0 Å². The van der Waals surface area contributed by atoms with Gasteiger partial charge in [0.2, 0.25) is 5.91 Å². The van der Waals surface area contributed by atoms with Crippen molar-refractivity contribution in [2.24, 2.45) is 5.73 Å². The molecule has 0 aliphatic carbocycles. The molecule has 1 rings (SSSR count). The topological polar surface area (TPSA) is 72.9 Å². The number of carbonyl (C=O) groups excluding carboxylic acids is 1. The molecule has 0 spiro atoms. The van der Waals surface area contributed by atoms with Gasteiger partial charge in [-0.15, -0.1) is 0 Å². The Morgan fingerprint density at radius 1 is 1.73 bits per heavy atom. The second-order valence-electron chi connectivity index (χ2n) is 3.03. The number of nitrogens with one attached hydrogen (secondary N) is 1. The van der Waals surface area contributed by atoms with Gasteiger partial charge >= 0.3 is 6.55 Å². The van der Waals surface area contributed by atoms with E-state index in [1.165, 1.54) is 12.4 Å². The number of hydrogen-bond donors (Lipinski definition) is 2. The number of amides is 1. The molecule has 15 heavy (non-hydrogen) atoms. The molecule has 1 unspecified atom stereocenters. The van der Waals surface area contributed by atoms with Crippen molar-refractivity contribution >= 4 is 5.91 Å². The molecular weight excluding hydrogens is 206 g/mol. The van der Waals surface area contributed by atoms with E-state index in [2.05, 4.69) is 10.3 Å². The molecule has 5 nitrogen and oxygen atoms in total. The van der Waals surface area contributed by atoms with Crippen LogP contribution >= 0.6 is 0 Å². The van der Waals surface area contributed by atoms with Gasteiger partial charge < -0.3 is 5.73 Å². The van der Waals surface area contributed by atoms with Gasteiger partial charge in [-0.1, -0.05) is 0 Å². The van der Waals surface area contributed by atoms with Gasteiger partial charge in [0.1, 0.15) is 5.82 Å². The minimum absolute atomic E-state index is 0.0709. The Hall–Kier alpha value is -1.50. The zero-order valence-corrected chi connectivity index (χ0v) is 8.15. The summed E-state index contributed by atoms with van der Waals surface area (Å²) in [4.78, 5) is 14.4. The van der Waals surface area contributed by atoms with Crippen LogP contribution in [0.1, 0.15) is 19.3 Å². The average Bonchev–Trinajstić information content (AvgIpc) is 2.61. The van der Waals surface area contributed by atoms with E-state index in [0.717, 1.165) is 4.57 Å². The Labute approximate surface area is 85.3 Å². The van der Waals surface area contributed by atoms with E-state index in [1.807, 2.05) is 0 Å². The molecule has 3 N–H and O–H groups in total. The molecule has 1 aromatic rings. The van der Waals surface area contributed by atoms with E-state index in [1.54, 1.807) is 6.92 Å². The second-order valence-corrected chi connectivity index (χ2v) is 3.03. The van der Waals surface area contributed by atoms with E-state index < -0.39 is 18.5 Å². The predicted molar refractivity (Wildman–Crippen MR) is 49.0 cm³/mol. The van der Waals surface area contributed by atoms with Crippen molar-refractivity contribution in [2.45, 2.75) is 26.1 Å². The number of carbonyl (C=O) groups is 1. The van der Waals surface area contributed by atoms with Crippen LogP contribution in [-0.4, -0.2) is 21.5 Å². The minimum Gasteiger partial charge on any atom is -0.368 e. The number of hydrogen-bond acceptors (Lipinski definition) is 3. The number of nitrogens with two attached hydrogens (primary N) is 1. The molecule has 1 heterocycles. The van der Waals surface area contributed by atoms with E-state index >= 15 is 0 Å². The maximum Gasteiger partial charge on any atom is 0.319 e. The number of primary amides is 1. The third kappa shape index (κ3) is 2.98. The summed E-state index contributed by atoms with van der Waals surface area (Å²) in [6.45, 7) is -1.01. The first-order chi connectivity index (χ1) is 7.02. The van der Waals surface area contributed by atoms with E-state index in [9.17, 15) is 13.6 Å². The van der Waals surface area contributed by atoms with E-state index in [-0.39, 0.29) is 12.4 Å². The van der Waals surface area contributed by atoms with Gasteiger partial charge in [0.15, 0.2) is 0 Å². The quantitative estimate of drug-likeness (QED) is 0.743. The molecule has 0 aliphatic rings. The summed E-state index contributed by atoms with van der Waals surface area (Å²) in [6.07, 6.45) is 2.45. The molecule has 0 aliphatic heterocycles. The van der Waals surface area contributed by atoms with Crippen LogP contribution < -0.4 is 11.1 Å². The zero-order valence-electron chi connectivity index (χ0n) is 8.15. The summed E-state index contributed by atoms with van der Waals surface area (Å²) in [5, 5.41) is 2.69. The predicted octanol–water partition coefficient (Wildman–Crippen LogP) is 0.242. The Bertz CT molecular complexity index is 339. The van der Waals surface area contributed by atoms with Gasteiger partial charge in [0, 0.05) is 12.4 Å². The third-order valence-corrected chi connectivity index (χ3v) is 1.95. The minimum atomic E-state index is -2.63. The number of rotatable bonds is 5. The van der Waals surface area contributed by atoms with Crippen LogP contribution in [0.4, 0.5) is 8.78 Å². The van der Waals surface area contributed by atoms with Gasteiger partial charge in [-0.25, -0.2) is 4.98 Å². The Morgan fingerprint density at radius 2 is 2.40 bits per heavy atom. The van der Waals surface area contributed by atoms with E-state index in [4.69, 9.17) is 5.73 Å². The molecule has 0 saturated heterocycles. The first kappa shape index (κ1) is 11.6. The van der Waals surface area contributed by atoms with Crippen molar-refractivity contribution in [1.82, 2.24) is 14.9 Å². The van der Waals surface area contributed by atoms with Crippen LogP contribution in [0.2, 0.25) is 0 Å². The van der Waals surface area contributed by atoms with Gasteiger partial charge in [0.05, 0.1) is 12.6 Å². The maximum absolute atomic E-state index is 12.3. The number of halogens is 2. The van der Waals surface area contributed by atoms with Crippen molar-refractivity contribution in [3.05, 3.63) is 18.2 Å². The molecule has 84 valence electrons. The van der Waals surface area contributed by atoms with Crippen LogP contribution in [0.5, 0.6) is 0 Å². The van der Waals surface area contributed by atoms with Gasteiger partial charge in [-0.05, 0) is 6.92 Å². The lowest BCUT2D eigenvalue weighted by molar-refractivity contribution is -0.119. The Kier molecular flexibility index (Phi) is 3.73. The van der Waals surface area contributed by atoms with E-state index in [0.29, 0.717) is 0 Å². The smallest absolute Gasteiger partial charge is 0.319 e. The standard InChI is InChI=1S/C8H12F2N4O/c1-5(7(11)15)13-4-6-12-2-3-14(6)8(9)10/h2-3,5,8,13H,4H2,1H3,(H2,11,15). The Morgan fingerprint density at radius 3 is 2.93 bits per heavy atom. The molecule has 0 bridgehead atoms. The Balaban J connectivity index is 2.57. The van der Waals surface area contributed by atoms with Crippen LogP contribution in [0.15, 0.2) is 12.4 Å². The molecule has 0 saturated carbocycles. The normalized spacial score (nSPS) is 13.1. The van der Waals surface area contributed by atoms with Crippen LogP contribution in [0, 0.1) is 0 Å². The molecule has 1 amide bonds. The highest BCUT2D eigenvalue weighted by atomic mass is 19.3. The van der Waals surface area contributed by atoms with Crippen molar-refractivity contribution < 1.29 is 13.6 Å². The number of imidazole rings is 1. The summed E-state index contributed by atoms with van der Waals surface area (Å²) >= 11 is 0. The van der Waals surface area contributed by atoms with Gasteiger partial charge in [0.25, 0.3) is 0 Å². The molecule has 7 heteroatoms. The number of alkyl halides is 2. The molecule has 0 fully saturated rings. The highest BCUT2D eigenvalue weighted by Gasteiger charge is 2.13. The fraction of sp³-hybridized carbons (Fsp3) is 0.500. The zero-order chi connectivity index (χ0) is 11.4. The molecule has 1 aromatic heterocycles. The first-order valence-electron chi connectivity index (χ1n) is 4.35. The molecule has 1 atom stereocenters. The summed E-state index contributed by atoms with van der Waals surface area (Å²) in [5.41, 5.74) is 5.00. The van der Waals surface area contributed by atoms with Gasteiger partial charge in [-0.2, -0.15) is 8.78 Å². The van der Waals surface area contributed by atoms with Crippen molar-refractivity contribution in [2.75, 3.05) is 0 Å². The fourth-order valence-electron chi connectivity index (χ4n) is 1.00. The lowest BCUT2D eigenvalue weighted by Crippen LogP contribution is -2.38. The molecule has 0 radical (unpaired) electrons. The van der Waals surface area contributed by atoms with Crippen molar-refractivity contribution in [1.29, 1.82) is 0 Å². The third-order valence-electron chi connectivity index (χ3n) is 1.95. The highest BCUT2D eigenvalue weighted by molar-refractivity contribution is 5.79. The van der Waals surface area contributed by atoms with Crippen LogP contribution in [0.25, 0.3) is 0 Å². The largest absolute Gasteiger partial charge is 0.368 e. The maximum atomic E-state index is 12.3. The number of nitrogens with zero attached hydrogens (tertiary/aromatic N) is 2. The van der Waals surface area contributed by atoms with Crippen molar-refractivity contribution in [3.63, 3.8) is 0 Å². The highest BCUT2D eigenvalue weighted by Crippen LogP contribution is 2.11. The first-order valence-corrected chi connectivity index (χ1v) is 4.35. The summed E-state index contributed by atoms with van der Waals surface area (Å²) in [7, 11) is 0. The number of aromatic nitrogens is 2. The van der Waals surface area contributed by atoms with Crippen LogP contribution in [-0.2, 0) is 11.3 Å².